The van der Waals surface area contributed by atoms with Crippen molar-refractivity contribution in [2.24, 2.45) is 5.92 Å². The van der Waals surface area contributed by atoms with Gasteiger partial charge in [-0.05, 0) is 159 Å². The van der Waals surface area contributed by atoms with Gasteiger partial charge in [0, 0.05) is 0 Å². The van der Waals surface area contributed by atoms with E-state index in [1.165, 1.54) is 83.5 Å². The van der Waals surface area contributed by atoms with E-state index in [9.17, 15) is 0 Å². The lowest BCUT2D eigenvalue weighted by Crippen LogP contribution is -2.71. The lowest BCUT2D eigenvalue weighted by molar-refractivity contribution is 0.851. The number of allylic oxidation sites excluding steroid dienone is 4. The number of hydrogen-bond donors (Lipinski definition) is 0. The third-order valence-corrected chi connectivity index (χ3v) is 18.7. The maximum absolute atomic E-state index is 2.94. The number of rotatable bonds is 10. The van der Waals surface area contributed by atoms with Crippen LogP contribution in [-0.2, 0) is 19.3 Å². The summed E-state index contributed by atoms with van der Waals surface area (Å²) in [5.74, 6) is 0.350. The minimum absolute atomic E-state index is 0.350. The molecule has 7 rings (SSSR count). The largest absolute Gasteiger partial charge is 0.177 e. The summed E-state index contributed by atoms with van der Waals surface area (Å²) in [5.41, 5.74) is 21.2. The molecule has 0 amide bonds. The van der Waals surface area contributed by atoms with Crippen LogP contribution < -0.4 is 15.6 Å². The van der Waals surface area contributed by atoms with Crippen LogP contribution in [0.5, 0.6) is 0 Å². The lowest BCUT2D eigenvalue weighted by Gasteiger charge is -2.42. The number of benzene rings is 6. The fourth-order valence-electron chi connectivity index (χ4n) is 9.70. The molecule has 0 heterocycles. The first-order valence-corrected chi connectivity index (χ1v) is 22.2. The van der Waals surface area contributed by atoms with Crippen molar-refractivity contribution in [1.82, 2.24) is 0 Å². The van der Waals surface area contributed by atoms with Crippen molar-refractivity contribution in [2.45, 2.75) is 88.5 Å². The van der Waals surface area contributed by atoms with Crippen LogP contribution in [0.25, 0.3) is 0 Å². The Hall–Kier alpha value is -4.98. The Morgan fingerprint density at radius 3 is 0.964 bits per heavy atom. The normalized spacial score (nSPS) is 14.6. The Labute approximate surface area is 332 Å². The first-order chi connectivity index (χ1) is 26.4. The summed E-state index contributed by atoms with van der Waals surface area (Å²) in [5, 5.41) is 6.30. The van der Waals surface area contributed by atoms with Gasteiger partial charge < -0.3 is 0 Å². The van der Waals surface area contributed by atoms with E-state index in [0.717, 1.165) is 19.3 Å². The molecule has 55 heavy (non-hydrogen) atoms. The van der Waals surface area contributed by atoms with E-state index in [1.807, 2.05) is 0 Å². The summed E-state index contributed by atoms with van der Waals surface area (Å²) >= 11 is 0. The Morgan fingerprint density at radius 2 is 0.691 bits per heavy atom. The van der Waals surface area contributed by atoms with Crippen molar-refractivity contribution in [3.05, 3.63) is 216 Å². The molecular weight excluding hydrogens is 677 g/mol. The van der Waals surface area contributed by atoms with Crippen LogP contribution in [0.4, 0.5) is 0 Å². The standard InChI is InChI=1S/C54H58Si/c1-35-29-51(38(4)26-48(35)32-45-20-14-11-15-21-45)55(54-43(9)41(7)42(8)44(54)10,52-30-36(2)49(27-39(52)5)33-46-22-16-12-17-23-46)53-31-37(3)50(28-40(53)6)34-47-24-18-13-19-25-47/h11-31,43H,32-34H2,1-10H3. The highest BCUT2D eigenvalue weighted by atomic mass is 28.3. The van der Waals surface area contributed by atoms with Crippen molar-refractivity contribution in [2.75, 3.05) is 0 Å². The molecule has 0 saturated carbocycles. The molecule has 1 unspecified atom stereocenters. The van der Waals surface area contributed by atoms with E-state index in [4.69, 9.17) is 0 Å². The maximum atomic E-state index is 2.63. The molecule has 1 aliphatic rings. The van der Waals surface area contributed by atoms with Crippen LogP contribution in [0, 0.1) is 47.5 Å². The number of aryl methyl sites for hydroxylation is 6. The third-order valence-electron chi connectivity index (χ3n) is 13.0. The van der Waals surface area contributed by atoms with Crippen LogP contribution in [-0.4, -0.2) is 8.07 Å². The van der Waals surface area contributed by atoms with Gasteiger partial charge in [-0.25, -0.2) is 0 Å². The third kappa shape index (κ3) is 7.16. The highest BCUT2D eigenvalue weighted by Crippen LogP contribution is 2.43. The van der Waals surface area contributed by atoms with E-state index < -0.39 is 8.07 Å². The molecule has 0 saturated heterocycles. The Balaban J connectivity index is 1.55. The lowest BCUT2D eigenvalue weighted by atomic mass is 9.98. The van der Waals surface area contributed by atoms with Crippen molar-refractivity contribution in [1.29, 1.82) is 0 Å². The van der Waals surface area contributed by atoms with Crippen LogP contribution in [0.3, 0.4) is 0 Å². The quantitative estimate of drug-likeness (QED) is 0.0971. The van der Waals surface area contributed by atoms with Crippen LogP contribution in [0.15, 0.2) is 149 Å². The molecule has 0 fully saturated rings. The van der Waals surface area contributed by atoms with E-state index in [0.29, 0.717) is 5.92 Å². The minimum atomic E-state index is -2.94. The predicted molar refractivity (Wildman–Crippen MR) is 240 cm³/mol. The van der Waals surface area contributed by atoms with E-state index in [-0.39, 0.29) is 0 Å². The molecule has 0 spiro atoms. The first-order valence-electron chi connectivity index (χ1n) is 20.2. The fraction of sp³-hybridized carbons (Fsp3) is 0.259. The van der Waals surface area contributed by atoms with Gasteiger partial charge in [-0.1, -0.05) is 167 Å². The minimum Gasteiger partial charge on any atom is -0.0636 e. The summed E-state index contributed by atoms with van der Waals surface area (Å²) < 4.78 is 0. The van der Waals surface area contributed by atoms with Crippen LogP contribution in [0.2, 0.25) is 0 Å². The second-order valence-corrected chi connectivity index (χ2v) is 20.2. The Bertz CT molecular complexity index is 2190. The van der Waals surface area contributed by atoms with Crippen molar-refractivity contribution >= 4 is 23.6 Å². The van der Waals surface area contributed by atoms with Crippen molar-refractivity contribution in [3.8, 4) is 0 Å². The molecule has 0 radical (unpaired) electrons. The average Bonchev–Trinajstić information content (AvgIpc) is 3.37. The zero-order valence-corrected chi connectivity index (χ0v) is 35.8. The Kier molecular flexibility index (Phi) is 10.9. The first kappa shape index (κ1) is 38.3. The molecular formula is C54H58Si. The highest BCUT2D eigenvalue weighted by molar-refractivity contribution is 7.17. The monoisotopic (exact) mass is 734 g/mol. The molecule has 0 aromatic heterocycles. The second-order valence-electron chi connectivity index (χ2n) is 16.6. The van der Waals surface area contributed by atoms with Crippen LogP contribution in [0.1, 0.15) is 94.5 Å². The topological polar surface area (TPSA) is 0 Å². The number of hydrogen-bond acceptors (Lipinski definition) is 0. The SMILES string of the molecule is CC1=C(C)C(C)C([Si](c2cc(C)c(Cc3ccccc3)cc2C)(c2cc(C)c(Cc3ccccc3)cc2C)c2cc(C)c(Cc3ccccc3)cc2C)=C1C. The van der Waals surface area contributed by atoms with Crippen LogP contribution >= 0.6 is 0 Å². The molecule has 1 aliphatic carbocycles. The molecule has 1 atom stereocenters. The van der Waals surface area contributed by atoms with Gasteiger partial charge in [0.1, 0.15) is 0 Å². The van der Waals surface area contributed by atoms with E-state index in [1.54, 1.807) is 20.8 Å². The summed E-state index contributed by atoms with van der Waals surface area (Å²) in [6, 6.07) is 48.4. The smallest absolute Gasteiger partial charge is 0.0636 e. The summed E-state index contributed by atoms with van der Waals surface area (Å²) in [6.07, 6.45) is 2.83. The summed E-state index contributed by atoms with van der Waals surface area (Å²) in [6.45, 7) is 24.0. The van der Waals surface area contributed by atoms with Gasteiger partial charge in [-0.2, -0.15) is 0 Å². The van der Waals surface area contributed by atoms with Gasteiger partial charge >= 0.3 is 0 Å². The molecule has 0 bridgehead atoms. The summed E-state index contributed by atoms with van der Waals surface area (Å²) in [7, 11) is -2.94. The molecule has 0 nitrogen and oxygen atoms in total. The Morgan fingerprint density at radius 1 is 0.382 bits per heavy atom. The zero-order chi connectivity index (χ0) is 39.0. The second kappa shape index (κ2) is 15.6. The van der Waals surface area contributed by atoms with Gasteiger partial charge in [0.2, 0.25) is 0 Å². The molecule has 278 valence electrons. The van der Waals surface area contributed by atoms with Gasteiger partial charge in [0.25, 0.3) is 0 Å². The van der Waals surface area contributed by atoms with Gasteiger partial charge in [-0.15, -0.1) is 0 Å². The van der Waals surface area contributed by atoms with E-state index in [2.05, 4.69) is 197 Å². The zero-order valence-electron chi connectivity index (χ0n) is 34.8. The van der Waals surface area contributed by atoms with Gasteiger partial charge in [0.15, 0.2) is 8.07 Å². The molecule has 1 heteroatoms. The van der Waals surface area contributed by atoms with Crippen molar-refractivity contribution in [3.63, 3.8) is 0 Å². The fourth-order valence-corrected chi connectivity index (χ4v) is 16.3. The average molecular weight is 735 g/mol. The molecule has 6 aromatic rings. The molecule has 6 aromatic carbocycles. The van der Waals surface area contributed by atoms with Gasteiger partial charge in [0.05, 0.1) is 0 Å². The predicted octanol–water partition coefficient (Wildman–Crippen LogP) is 11.6. The maximum Gasteiger partial charge on any atom is 0.177 e. The summed E-state index contributed by atoms with van der Waals surface area (Å²) in [4.78, 5) is 0. The van der Waals surface area contributed by atoms with Gasteiger partial charge in [-0.3, -0.25) is 0 Å². The van der Waals surface area contributed by atoms with Crippen molar-refractivity contribution < 1.29 is 0 Å². The highest BCUT2D eigenvalue weighted by Gasteiger charge is 2.50. The molecule has 0 aliphatic heterocycles. The molecule has 0 N–H and O–H groups in total. The van der Waals surface area contributed by atoms with E-state index >= 15 is 0 Å².